The highest BCUT2D eigenvalue weighted by molar-refractivity contribution is 5.58. The molecule has 2 heterocycles. The van der Waals surface area contributed by atoms with Crippen molar-refractivity contribution in [3.63, 3.8) is 0 Å². The zero-order chi connectivity index (χ0) is 14.2. The lowest BCUT2D eigenvalue weighted by Gasteiger charge is -2.34. The Kier molecular flexibility index (Phi) is 3.37. The van der Waals surface area contributed by atoms with Crippen LogP contribution in [0.3, 0.4) is 0 Å². The maximum absolute atomic E-state index is 9.58. The molecule has 0 N–H and O–H groups in total. The summed E-state index contributed by atoms with van der Waals surface area (Å²) in [6, 6.07) is 2.39. The molecule has 0 amide bonds. The van der Waals surface area contributed by atoms with Gasteiger partial charge in [0.2, 0.25) is 0 Å². The van der Waals surface area contributed by atoms with Crippen LogP contribution in [0.15, 0.2) is 0 Å². The first-order chi connectivity index (χ1) is 9.73. The number of anilines is 1. The van der Waals surface area contributed by atoms with Crippen molar-refractivity contribution in [1.29, 1.82) is 5.26 Å². The molecule has 1 saturated carbocycles. The van der Waals surface area contributed by atoms with Crippen molar-refractivity contribution in [2.45, 2.75) is 52.4 Å². The van der Waals surface area contributed by atoms with Crippen molar-refractivity contribution in [2.24, 2.45) is 5.41 Å². The van der Waals surface area contributed by atoms with Gasteiger partial charge in [-0.25, -0.2) is 0 Å². The molecule has 0 unspecified atom stereocenters. The standard InChI is InChI=1S/C16H22N4/c1-3-12-13(10-17)15(19-18-14(12)4-2)20-9-5-6-16(11-20)7-8-16/h3-9,11H2,1-2H3. The van der Waals surface area contributed by atoms with E-state index in [4.69, 9.17) is 0 Å². The summed E-state index contributed by atoms with van der Waals surface area (Å²) in [4.78, 5) is 2.31. The number of piperidine rings is 1. The Morgan fingerprint density at radius 2 is 2.00 bits per heavy atom. The van der Waals surface area contributed by atoms with Crippen molar-refractivity contribution in [3.8, 4) is 6.07 Å². The summed E-state index contributed by atoms with van der Waals surface area (Å²) in [5, 5.41) is 18.4. The van der Waals surface area contributed by atoms with Crippen LogP contribution in [0.2, 0.25) is 0 Å². The number of hydrogen-bond donors (Lipinski definition) is 0. The van der Waals surface area contributed by atoms with E-state index in [1.807, 2.05) is 0 Å². The summed E-state index contributed by atoms with van der Waals surface area (Å²) in [6.07, 6.45) is 6.93. The van der Waals surface area contributed by atoms with Gasteiger partial charge < -0.3 is 4.90 Å². The predicted molar refractivity (Wildman–Crippen MR) is 78.6 cm³/mol. The van der Waals surface area contributed by atoms with E-state index in [0.717, 1.165) is 48.6 Å². The first kappa shape index (κ1) is 13.4. The van der Waals surface area contributed by atoms with E-state index < -0.39 is 0 Å². The molecule has 4 nitrogen and oxygen atoms in total. The van der Waals surface area contributed by atoms with Gasteiger partial charge in [0.1, 0.15) is 11.6 Å². The van der Waals surface area contributed by atoms with Crippen LogP contribution in [0, 0.1) is 16.7 Å². The Hall–Kier alpha value is -1.63. The fourth-order valence-electron chi connectivity index (χ4n) is 3.47. The second-order valence-corrected chi connectivity index (χ2v) is 6.17. The number of aromatic nitrogens is 2. The molecule has 20 heavy (non-hydrogen) atoms. The first-order valence-corrected chi connectivity index (χ1v) is 7.76. The average Bonchev–Trinajstić information content (AvgIpc) is 3.24. The summed E-state index contributed by atoms with van der Waals surface area (Å²) >= 11 is 0. The van der Waals surface area contributed by atoms with Crippen LogP contribution in [0.4, 0.5) is 5.82 Å². The molecular weight excluding hydrogens is 248 g/mol. The molecule has 2 fully saturated rings. The zero-order valence-electron chi connectivity index (χ0n) is 12.4. The molecule has 1 aliphatic carbocycles. The maximum Gasteiger partial charge on any atom is 0.169 e. The van der Waals surface area contributed by atoms with Gasteiger partial charge in [-0.3, -0.25) is 0 Å². The van der Waals surface area contributed by atoms with E-state index in [1.54, 1.807) is 0 Å². The summed E-state index contributed by atoms with van der Waals surface area (Å²) in [5.41, 5.74) is 3.36. The van der Waals surface area contributed by atoms with Gasteiger partial charge in [-0.05, 0) is 49.5 Å². The monoisotopic (exact) mass is 270 g/mol. The third kappa shape index (κ3) is 2.15. The summed E-state index contributed by atoms with van der Waals surface area (Å²) in [5.74, 6) is 0.826. The second kappa shape index (κ2) is 5.05. The Morgan fingerprint density at radius 1 is 1.20 bits per heavy atom. The Labute approximate surface area is 120 Å². The molecule has 3 rings (SSSR count). The molecule has 2 aliphatic rings. The Bertz CT molecular complexity index is 554. The van der Waals surface area contributed by atoms with Gasteiger partial charge in [0, 0.05) is 13.1 Å². The van der Waals surface area contributed by atoms with Crippen molar-refractivity contribution in [3.05, 3.63) is 16.8 Å². The molecule has 1 spiro atoms. The molecule has 4 heteroatoms. The molecule has 1 aromatic heterocycles. The van der Waals surface area contributed by atoms with Crippen LogP contribution >= 0.6 is 0 Å². The van der Waals surface area contributed by atoms with Crippen LogP contribution in [-0.2, 0) is 12.8 Å². The number of aryl methyl sites for hydroxylation is 1. The summed E-state index contributed by atoms with van der Waals surface area (Å²) in [7, 11) is 0. The van der Waals surface area contributed by atoms with Crippen molar-refractivity contribution < 1.29 is 0 Å². The van der Waals surface area contributed by atoms with Gasteiger partial charge in [0.25, 0.3) is 0 Å². The fraction of sp³-hybridized carbons (Fsp3) is 0.688. The molecule has 0 atom stereocenters. The third-order valence-electron chi connectivity index (χ3n) is 4.86. The number of hydrogen-bond acceptors (Lipinski definition) is 4. The third-order valence-corrected chi connectivity index (χ3v) is 4.86. The minimum Gasteiger partial charge on any atom is -0.353 e. The van der Waals surface area contributed by atoms with Gasteiger partial charge in [-0.1, -0.05) is 13.8 Å². The van der Waals surface area contributed by atoms with Crippen LogP contribution in [0.25, 0.3) is 0 Å². The van der Waals surface area contributed by atoms with Gasteiger partial charge in [0.15, 0.2) is 5.82 Å². The zero-order valence-corrected chi connectivity index (χ0v) is 12.4. The van der Waals surface area contributed by atoms with Crippen LogP contribution < -0.4 is 4.90 Å². The van der Waals surface area contributed by atoms with Crippen molar-refractivity contribution >= 4 is 5.82 Å². The number of nitrogens with zero attached hydrogens (tertiary/aromatic N) is 4. The molecule has 1 aliphatic heterocycles. The lowest BCUT2D eigenvalue weighted by atomic mass is 9.94. The maximum atomic E-state index is 9.58. The second-order valence-electron chi connectivity index (χ2n) is 6.17. The van der Waals surface area contributed by atoms with E-state index in [2.05, 4.69) is 35.0 Å². The highest BCUT2D eigenvalue weighted by atomic mass is 15.3. The predicted octanol–water partition coefficient (Wildman–Crippen LogP) is 2.85. The average molecular weight is 270 g/mol. The number of nitriles is 1. The van der Waals surface area contributed by atoms with Crippen molar-refractivity contribution in [2.75, 3.05) is 18.0 Å². The SMILES string of the molecule is CCc1nnc(N2CCCC3(CC3)C2)c(C#N)c1CC. The van der Waals surface area contributed by atoms with E-state index in [1.165, 1.54) is 25.7 Å². The minimum absolute atomic E-state index is 0.530. The van der Waals surface area contributed by atoms with Crippen LogP contribution in [-0.4, -0.2) is 23.3 Å². The lowest BCUT2D eigenvalue weighted by molar-refractivity contribution is 0.392. The van der Waals surface area contributed by atoms with Crippen molar-refractivity contribution in [1.82, 2.24) is 10.2 Å². The largest absolute Gasteiger partial charge is 0.353 e. The first-order valence-electron chi connectivity index (χ1n) is 7.76. The van der Waals surface area contributed by atoms with E-state index in [9.17, 15) is 5.26 Å². The minimum atomic E-state index is 0.530. The molecule has 106 valence electrons. The summed E-state index contributed by atoms with van der Waals surface area (Å²) in [6.45, 7) is 6.24. The van der Waals surface area contributed by atoms with Crippen LogP contribution in [0.5, 0.6) is 0 Å². The normalized spacial score (nSPS) is 19.9. The Morgan fingerprint density at radius 3 is 2.60 bits per heavy atom. The molecule has 1 aromatic rings. The quantitative estimate of drug-likeness (QED) is 0.847. The van der Waals surface area contributed by atoms with Crippen LogP contribution in [0.1, 0.15) is 56.4 Å². The lowest BCUT2D eigenvalue weighted by Crippen LogP contribution is -2.37. The molecular formula is C16H22N4. The van der Waals surface area contributed by atoms with E-state index in [0.29, 0.717) is 5.41 Å². The van der Waals surface area contributed by atoms with E-state index in [-0.39, 0.29) is 0 Å². The topological polar surface area (TPSA) is 52.8 Å². The number of rotatable bonds is 3. The van der Waals surface area contributed by atoms with Gasteiger partial charge >= 0.3 is 0 Å². The highest BCUT2D eigenvalue weighted by Gasteiger charge is 2.46. The molecule has 0 radical (unpaired) electrons. The molecule has 1 saturated heterocycles. The fourth-order valence-corrected chi connectivity index (χ4v) is 3.47. The van der Waals surface area contributed by atoms with Gasteiger partial charge in [-0.15, -0.1) is 5.10 Å². The van der Waals surface area contributed by atoms with E-state index >= 15 is 0 Å². The summed E-state index contributed by atoms with van der Waals surface area (Å²) < 4.78 is 0. The molecule has 0 aromatic carbocycles. The van der Waals surface area contributed by atoms with Gasteiger partial charge in [-0.2, -0.15) is 10.4 Å². The van der Waals surface area contributed by atoms with Gasteiger partial charge in [0.05, 0.1) is 5.69 Å². The smallest absolute Gasteiger partial charge is 0.169 e. The highest BCUT2D eigenvalue weighted by Crippen LogP contribution is 2.52. The Balaban J connectivity index is 1.98. The molecule has 0 bridgehead atoms.